The first kappa shape index (κ1) is 20.5. The second kappa shape index (κ2) is 8.00. The molecule has 0 bridgehead atoms. The summed E-state index contributed by atoms with van der Waals surface area (Å²) in [5.41, 5.74) is 12.5. The minimum absolute atomic E-state index is 0.00494. The number of hydrogen-bond donors (Lipinski definition) is 4. The molecular formula is C21H25FN6O. The van der Waals surface area contributed by atoms with Gasteiger partial charge in [0, 0.05) is 29.9 Å². The van der Waals surface area contributed by atoms with Gasteiger partial charge in [0.1, 0.15) is 5.82 Å². The molecule has 3 rings (SSSR count). The molecule has 3 aromatic rings. The molecule has 0 fully saturated rings. The Kier molecular flexibility index (Phi) is 5.65. The van der Waals surface area contributed by atoms with Crippen molar-refractivity contribution in [1.82, 2.24) is 9.97 Å². The van der Waals surface area contributed by atoms with E-state index in [9.17, 15) is 9.18 Å². The number of carbonyl (C=O) groups is 1. The number of hydrogen-bond acceptors (Lipinski definition) is 6. The molecule has 1 atom stereocenters. The molecule has 2 heterocycles. The number of nitrogens with zero attached hydrogens (tertiary/aromatic N) is 2. The summed E-state index contributed by atoms with van der Waals surface area (Å²) >= 11 is 0. The summed E-state index contributed by atoms with van der Waals surface area (Å²) < 4.78 is 14.6. The highest BCUT2D eigenvalue weighted by molar-refractivity contribution is 5.99. The van der Waals surface area contributed by atoms with E-state index in [1.807, 2.05) is 45.0 Å². The summed E-state index contributed by atoms with van der Waals surface area (Å²) in [5.74, 6) is -1.28. The third-order valence-corrected chi connectivity index (χ3v) is 4.70. The quantitative estimate of drug-likeness (QED) is 0.507. The molecule has 152 valence electrons. The van der Waals surface area contributed by atoms with Crippen molar-refractivity contribution in [3.8, 4) is 0 Å². The number of aromatic nitrogens is 2. The van der Waals surface area contributed by atoms with Gasteiger partial charge in [-0.15, -0.1) is 0 Å². The number of rotatable bonds is 6. The Hall–Kier alpha value is -3.26. The van der Waals surface area contributed by atoms with E-state index < -0.39 is 11.7 Å². The Labute approximate surface area is 168 Å². The highest BCUT2D eigenvalue weighted by atomic mass is 19.1. The predicted molar refractivity (Wildman–Crippen MR) is 114 cm³/mol. The van der Waals surface area contributed by atoms with Crippen LogP contribution in [0.1, 0.15) is 31.1 Å². The van der Waals surface area contributed by atoms with Gasteiger partial charge >= 0.3 is 0 Å². The van der Waals surface area contributed by atoms with Crippen LogP contribution >= 0.6 is 0 Å². The first-order valence-electron chi connectivity index (χ1n) is 9.28. The zero-order valence-corrected chi connectivity index (χ0v) is 16.7. The van der Waals surface area contributed by atoms with Gasteiger partial charge in [0.15, 0.2) is 11.6 Å². The lowest BCUT2D eigenvalue weighted by atomic mass is 9.87. The second-order valence-electron chi connectivity index (χ2n) is 7.91. The zero-order valence-electron chi connectivity index (χ0n) is 16.7. The molecule has 0 aliphatic heterocycles. The molecule has 6 N–H and O–H groups in total. The maximum Gasteiger partial charge on any atom is 0.252 e. The fourth-order valence-corrected chi connectivity index (χ4v) is 2.96. The van der Waals surface area contributed by atoms with Crippen LogP contribution in [0.4, 0.5) is 21.7 Å². The van der Waals surface area contributed by atoms with Crippen molar-refractivity contribution in [1.29, 1.82) is 0 Å². The van der Waals surface area contributed by atoms with Crippen LogP contribution < -0.4 is 22.1 Å². The lowest BCUT2D eigenvalue weighted by Gasteiger charge is -2.31. The lowest BCUT2D eigenvalue weighted by Crippen LogP contribution is -2.41. The van der Waals surface area contributed by atoms with Crippen LogP contribution in [0.25, 0.3) is 10.9 Å². The van der Waals surface area contributed by atoms with E-state index in [1.54, 1.807) is 12.3 Å². The van der Waals surface area contributed by atoms with Crippen LogP contribution in [0.5, 0.6) is 0 Å². The molecule has 0 saturated heterocycles. The number of primary amides is 1. The summed E-state index contributed by atoms with van der Waals surface area (Å²) in [6, 6.07) is 10.1. The smallest absolute Gasteiger partial charge is 0.252 e. The Bertz CT molecular complexity index is 1050. The summed E-state index contributed by atoms with van der Waals surface area (Å²) in [4.78, 5) is 20.4. The van der Waals surface area contributed by atoms with Crippen molar-refractivity contribution >= 4 is 34.1 Å². The third kappa shape index (κ3) is 4.60. The number of anilines is 3. The fourth-order valence-electron chi connectivity index (χ4n) is 2.96. The molecule has 2 aromatic heterocycles. The lowest BCUT2D eigenvalue weighted by molar-refractivity contribution is 0.100. The van der Waals surface area contributed by atoms with Gasteiger partial charge in [-0.2, -0.15) is 0 Å². The molecule has 0 spiro atoms. The van der Waals surface area contributed by atoms with Crippen LogP contribution in [0, 0.1) is 11.2 Å². The number of nitrogens with one attached hydrogen (secondary N) is 2. The van der Waals surface area contributed by atoms with Crippen LogP contribution in [-0.4, -0.2) is 28.5 Å². The van der Waals surface area contributed by atoms with E-state index in [1.165, 1.54) is 0 Å². The molecule has 1 amide bonds. The van der Waals surface area contributed by atoms with Crippen molar-refractivity contribution in [2.75, 3.05) is 17.2 Å². The van der Waals surface area contributed by atoms with E-state index in [0.29, 0.717) is 12.2 Å². The highest BCUT2D eigenvalue weighted by Crippen LogP contribution is 2.28. The number of pyridine rings is 2. The standard InChI is InChI=1S/C21H25FN6O/c1-21(2,3)17(11-23)27-20-15(22)10-14(18(24)29)19(28-20)26-13-6-7-16-12(9-13)5-4-8-25-16/h4-10,17H,11,23H2,1-3H3,(H2,24,29)(H2,26,27,28)/t17-/m0/s1. The minimum Gasteiger partial charge on any atom is -0.365 e. The highest BCUT2D eigenvalue weighted by Gasteiger charge is 2.25. The summed E-state index contributed by atoms with van der Waals surface area (Å²) in [6.07, 6.45) is 1.71. The topological polar surface area (TPSA) is 119 Å². The molecule has 8 heteroatoms. The van der Waals surface area contributed by atoms with Gasteiger partial charge in [-0.3, -0.25) is 9.78 Å². The van der Waals surface area contributed by atoms with Gasteiger partial charge in [0.2, 0.25) is 0 Å². The third-order valence-electron chi connectivity index (χ3n) is 4.70. The van der Waals surface area contributed by atoms with Crippen molar-refractivity contribution in [2.45, 2.75) is 26.8 Å². The molecule has 1 aromatic carbocycles. The Morgan fingerprint density at radius 1 is 1.21 bits per heavy atom. The van der Waals surface area contributed by atoms with E-state index in [4.69, 9.17) is 11.5 Å². The summed E-state index contributed by atoms with van der Waals surface area (Å²) in [7, 11) is 0. The van der Waals surface area contributed by atoms with Crippen LogP contribution in [0.15, 0.2) is 42.6 Å². The van der Waals surface area contributed by atoms with Crippen molar-refractivity contribution in [2.24, 2.45) is 16.9 Å². The molecule has 0 radical (unpaired) electrons. The molecule has 0 aliphatic carbocycles. The van der Waals surface area contributed by atoms with E-state index >= 15 is 0 Å². The van der Waals surface area contributed by atoms with Gasteiger partial charge in [-0.25, -0.2) is 9.37 Å². The Balaban J connectivity index is 2.00. The van der Waals surface area contributed by atoms with E-state index in [0.717, 1.165) is 17.0 Å². The summed E-state index contributed by atoms with van der Waals surface area (Å²) in [5, 5.41) is 7.02. The average molecular weight is 396 g/mol. The van der Waals surface area contributed by atoms with Crippen LogP contribution in [0.2, 0.25) is 0 Å². The molecule has 0 unspecified atom stereocenters. The number of fused-ring (bicyclic) bond motifs is 1. The number of halogens is 1. The zero-order chi connectivity index (χ0) is 21.2. The second-order valence-corrected chi connectivity index (χ2v) is 7.91. The number of nitrogens with two attached hydrogens (primary N) is 2. The van der Waals surface area contributed by atoms with Crippen LogP contribution in [-0.2, 0) is 0 Å². The van der Waals surface area contributed by atoms with Crippen molar-refractivity contribution < 1.29 is 9.18 Å². The molecule has 29 heavy (non-hydrogen) atoms. The van der Waals surface area contributed by atoms with Gasteiger partial charge in [-0.1, -0.05) is 26.8 Å². The van der Waals surface area contributed by atoms with E-state index in [-0.39, 0.29) is 28.7 Å². The van der Waals surface area contributed by atoms with Gasteiger partial charge in [0.25, 0.3) is 5.91 Å². The maximum atomic E-state index is 14.6. The van der Waals surface area contributed by atoms with Crippen molar-refractivity contribution in [3.05, 3.63) is 54.0 Å². The Morgan fingerprint density at radius 2 is 1.97 bits per heavy atom. The average Bonchev–Trinajstić information content (AvgIpc) is 2.66. The first-order valence-corrected chi connectivity index (χ1v) is 9.28. The number of carbonyl (C=O) groups excluding carboxylic acids is 1. The number of benzene rings is 1. The Morgan fingerprint density at radius 3 is 2.62 bits per heavy atom. The van der Waals surface area contributed by atoms with Gasteiger partial charge in [0.05, 0.1) is 11.1 Å². The van der Waals surface area contributed by atoms with E-state index in [2.05, 4.69) is 20.6 Å². The van der Waals surface area contributed by atoms with Gasteiger partial charge < -0.3 is 22.1 Å². The molecule has 0 saturated carbocycles. The normalized spacial score (nSPS) is 12.6. The minimum atomic E-state index is -0.779. The van der Waals surface area contributed by atoms with Gasteiger partial charge in [-0.05, 0) is 35.7 Å². The molecule has 0 aliphatic rings. The molecule has 7 nitrogen and oxygen atoms in total. The SMILES string of the molecule is CC(C)(C)[C@H](CN)Nc1nc(Nc2ccc3ncccc3c2)c(C(N)=O)cc1F. The number of amides is 1. The first-order chi connectivity index (χ1) is 13.7. The predicted octanol–water partition coefficient (Wildman–Crippen LogP) is 3.40. The molecular weight excluding hydrogens is 371 g/mol. The maximum absolute atomic E-state index is 14.6. The monoisotopic (exact) mass is 396 g/mol. The fraction of sp³-hybridized carbons (Fsp3) is 0.286. The summed E-state index contributed by atoms with van der Waals surface area (Å²) in [6.45, 7) is 6.28. The van der Waals surface area contributed by atoms with Crippen LogP contribution in [0.3, 0.4) is 0 Å². The largest absolute Gasteiger partial charge is 0.365 e. The van der Waals surface area contributed by atoms with Crippen molar-refractivity contribution in [3.63, 3.8) is 0 Å².